The van der Waals surface area contributed by atoms with Gasteiger partial charge in [-0.3, -0.25) is 4.79 Å². The molecule has 0 atom stereocenters. The molecule has 0 bridgehead atoms. The molecule has 3 heteroatoms. The average Bonchev–Trinajstić information content (AvgIpc) is 2.80. The predicted octanol–water partition coefficient (Wildman–Crippen LogP) is 1.76. The summed E-state index contributed by atoms with van der Waals surface area (Å²) in [5.74, 6) is 0.205. The number of carbonyl (C=O) groups excluding carboxylic acids is 1. The number of carbonyl (C=O) groups is 1. The van der Waals surface area contributed by atoms with E-state index in [9.17, 15) is 9.90 Å². The minimum atomic E-state index is -0.639. The Bertz CT molecular complexity index is 272. The lowest BCUT2D eigenvalue weighted by Crippen LogP contribution is -2.45. The molecule has 2 N–H and O–H groups in total. The molecule has 0 heterocycles. The van der Waals surface area contributed by atoms with Crippen molar-refractivity contribution in [1.29, 1.82) is 0 Å². The van der Waals surface area contributed by atoms with Crippen molar-refractivity contribution in [2.75, 3.05) is 6.54 Å². The summed E-state index contributed by atoms with van der Waals surface area (Å²) in [6.07, 6.45) is 10.8. The molecule has 0 saturated heterocycles. The second kappa shape index (κ2) is 5.00. The molecule has 0 radical (unpaired) electrons. The van der Waals surface area contributed by atoms with Gasteiger partial charge < -0.3 is 10.4 Å². The Balaban J connectivity index is 1.75. The molecule has 1 saturated carbocycles. The zero-order chi connectivity index (χ0) is 11.4. The van der Waals surface area contributed by atoms with Gasteiger partial charge in [-0.15, -0.1) is 0 Å². The quantitative estimate of drug-likeness (QED) is 0.716. The third-order valence-corrected chi connectivity index (χ3v) is 3.75. The van der Waals surface area contributed by atoms with Crippen LogP contribution in [0.25, 0.3) is 0 Å². The normalized spacial score (nSPS) is 24.6. The smallest absolute Gasteiger partial charge is 0.223 e. The number of hydrogen-bond donors (Lipinski definition) is 2. The maximum absolute atomic E-state index is 11.8. The van der Waals surface area contributed by atoms with E-state index in [1.54, 1.807) is 0 Å². The highest BCUT2D eigenvalue weighted by atomic mass is 16.3. The molecule has 0 aromatic heterocycles. The summed E-state index contributed by atoms with van der Waals surface area (Å²) in [6, 6.07) is 0. The minimum Gasteiger partial charge on any atom is -0.388 e. The number of nitrogens with one attached hydrogen (secondary N) is 1. The number of amides is 1. The first kappa shape index (κ1) is 11.6. The van der Waals surface area contributed by atoms with Crippen molar-refractivity contribution in [2.24, 2.45) is 5.92 Å². The summed E-state index contributed by atoms with van der Waals surface area (Å²) in [5, 5.41) is 13.1. The monoisotopic (exact) mass is 223 g/mol. The zero-order valence-corrected chi connectivity index (χ0v) is 9.74. The summed E-state index contributed by atoms with van der Waals surface area (Å²) in [7, 11) is 0. The molecular weight excluding hydrogens is 202 g/mol. The summed E-state index contributed by atoms with van der Waals surface area (Å²) in [4.78, 5) is 11.8. The van der Waals surface area contributed by atoms with Gasteiger partial charge >= 0.3 is 0 Å². The Labute approximate surface area is 96.9 Å². The van der Waals surface area contributed by atoms with Crippen LogP contribution < -0.4 is 5.32 Å². The minimum absolute atomic E-state index is 0.101. The lowest BCUT2D eigenvalue weighted by molar-refractivity contribution is -0.126. The number of hydrogen-bond acceptors (Lipinski definition) is 2. The Hall–Kier alpha value is -0.830. The molecule has 90 valence electrons. The Morgan fingerprint density at radius 1 is 1.25 bits per heavy atom. The van der Waals surface area contributed by atoms with E-state index in [4.69, 9.17) is 0 Å². The molecule has 0 unspecified atom stereocenters. The van der Waals surface area contributed by atoms with Crippen LogP contribution >= 0.6 is 0 Å². The van der Waals surface area contributed by atoms with Gasteiger partial charge in [-0.05, 0) is 25.7 Å². The fraction of sp³-hybridized carbons (Fsp3) is 0.769. The van der Waals surface area contributed by atoms with E-state index in [2.05, 4.69) is 17.5 Å². The average molecular weight is 223 g/mol. The van der Waals surface area contributed by atoms with Crippen molar-refractivity contribution < 1.29 is 9.90 Å². The van der Waals surface area contributed by atoms with E-state index in [1.165, 1.54) is 6.42 Å². The standard InChI is InChI=1S/C13H21NO2/c15-12(11-6-2-3-7-11)14-10-13(16)8-4-1-5-9-13/h2-3,11,16H,1,4-10H2,(H,14,15). The van der Waals surface area contributed by atoms with Crippen molar-refractivity contribution in [1.82, 2.24) is 5.32 Å². The van der Waals surface area contributed by atoms with E-state index in [0.717, 1.165) is 38.5 Å². The molecule has 1 fully saturated rings. The SMILES string of the molecule is O=C(NCC1(O)CCCCC1)C1CC=CC1. The highest BCUT2D eigenvalue weighted by Crippen LogP contribution is 2.27. The van der Waals surface area contributed by atoms with Crippen molar-refractivity contribution in [3.05, 3.63) is 12.2 Å². The van der Waals surface area contributed by atoms with Crippen molar-refractivity contribution in [2.45, 2.75) is 50.5 Å². The van der Waals surface area contributed by atoms with E-state index in [1.807, 2.05) is 0 Å². The summed E-state index contributed by atoms with van der Waals surface area (Å²) in [5.41, 5.74) is -0.639. The van der Waals surface area contributed by atoms with Crippen molar-refractivity contribution in [3.63, 3.8) is 0 Å². The first-order valence-electron chi connectivity index (χ1n) is 6.35. The first-order chi connectivity index (χ1) is 7.70. The Morgan fingerprint density at radius 2 is 1.88 bits per heavy atom. The number of aliphatic hydroxyl groups is 1. The van der Waals surface area contributed by atoms with Crippen LogP contribution in [0.5, 0.6) is 0 Å². The molecule has 0 aromatic carbocycles. The van der Waals surface area contributed by atoms with E-state index in [-0.39, 0.29) is 11.8 Å². The lowest BCUT2D eigenvalue weighted by atomic mass is 9.85. The van der Waals surface area contributed by atoms with Gasteiger partial charge in [0.15, 0.2) is 0 Å². The van der Waals surface area contributed by atoms with Gasteiger partial charge in [0.25, 0.3) is 0 Å². The van der Waals surface area contributed by atoms with Gasteiger partial charge in [0.2, 0.25) is 5.91 Å². The highest BCUT2D eigenvalue weighted by Gasteiger charge is 2.30. The van der Waals surface area contributed by atoms with Crippen LogP contribution in [0.15, 0.2) is 12.2 Å². The lowest BCUT2D eigenvalue weighted by Gasteiger charge is -2.32. The van der Waals surface area contributed by atoms with Crippen LogP contribution in [0.2, 0.25) is 0 Å². The van der Waals surface area contributed by atoms with E-state index in [0.29, 0.717) is 6.54 Å². The fourth-order valence-corrected chi connectivity index (χ4v) is 2.61. The van der Waals surface area contributed by atoms with Crippen LogP contribution in [0.4, 0.5) is 0 Å². The molecule has 2 aliphatic rings. The fourth-order valence-electron chi connectivity index (χ4n) is 2.61. The third kappa shape index (κ3) is 2.85. The first-order valence-corrected chi connectivity index (χ1v) is 6.35. The van der Waals surface area contributed by atoms with Crippen LogP contribution in [0.1, 0.15) is 44.9 Å². The van der Waals surface area contributed by atoms with Gasteiger partial charge in [-0.2, -0.15) is 0 Å². The summed E-state index contributed by atoms with van der Waals surface area (Å²) >= 11 is 0. The molecule has 0 aromatic rings. The molecule has 3 nitrogen and oxygen atoms in total. The third-order valence-electron chi connectivity index (χ3n) is 3.75. The van der Waals surface area contributed by atoms with Gasteiger partial charge in [-0.25, -0.2) is 0 Å². The second-order valence-electron chi connectivity index (χ2n) is 5.14. The largest absolute Gasteiger partial charge is 0.388 e. The Morgan fingerprint density at radius 3 is 2.50 bits per heavy atom. The molecule has 2 rings (SSSR count). The van der Waals surface area contributed by atoms with Gasteiger partial charge in [-0.1, -0.05) is 31.4 Å². The van der Waals surface area contributed by atoms with Gasteiger partial charge in [0.1, 0.15) is 0 Å². The molecule has 16 heavy (non-hydrogen) atoms. The Kier molecular flexibility index (Phi) is 3.64. The molecule has 2 aliphatic carbocycles. The van der Waals surface area contributed by atoms with E-state index < -0.39 is 5.60 Å². The van der Waals surface area contributed by atoms with Crippen molar-refractivity contribution in [3.8, 4) is 0 Å². The molecular formula is C13H21NO2. The van der Waals surface area contributed by atoms with Crippen molar-refractivity contribution >= 4 is 5.91 Å². The van der Waals surface area contributed by atoms with Crippen LogP contribution in [-0.2, 0) is 4.79 Å². The summed E-state index contributed by atoms with van der Waals surface area (Å²) < 4.78 is 0. The van der Waals surface area contributed by atoms with Crippen LogP contribution in [0.3, 0.4) is 0 Å². The predicted molar refractivity (Wildman–Crippen MR) is 62.9 cm³/mol. The zero-order valence-electron chi connectivity index (χ0n) is 9.74. The van der Waals surface area contributed by atoms with Crippen LogP contribution in [0, 0.1) is 5.92 Å². The molecule has 0 spiro atoms. The maximum Gasteiger partial charge on any atom is 0.223 e. The maximum atomic E-state index is 11.8. The highest BCUT2D eigenvalue weighted by molar-refractivity contribution is 5.79. The van der Waals surface area contributed by atoms with Gasteiger partial charge in [0.05, 0.1) is 5.60 Å². The molecule has 0 aliphatic heterocycles. The van der Waals surface area contributed by atoms with Crippen LogP contribution in [-0.4, -0.2) is 23.2 Å². The van der Waals surface area contributed by atoms with E-state index >= 15 is 0 Å². The second-order valence-corrected chi connectivity index (χ2v) is 5.14. The number of rotatable bonds is 3. The topological polar surface area (TPSA) is 49.3 Å². The number of allylic oxidation sites excluding steroid dienone is 2. The molecule has 1 amide bonds. The van der Waals surface area contributed by atoms with Gasteiger partial charge in [0, 0.05) is 12.5 Å². The summed E-state index contributed by atoms with van der Waals surface area (Å²) in [6.45, 7) is 0.433.